The summed E-state index contributed by atoms with van der Waals surface area (Å²) in [5.74, 6) is 0.415. The van der Waals surface area contributed by atoms with Crippen LogP contribution in [0.25, 0.3) is 0 Å². The van der Waals surface area contributed by atoms with Crippen LogP contribution in [0, 0.1) is 0 Å². The van der Waals surface area contributed by atoms with E-state index in [2.05, 4.69) is 15.7 Å². The number of pyridine rings is 1. The lowest BCUT2D eigenvalue weighted by atomic mass is 10.3. The first-order valence-corrected chi connectivity index (χ1v) is 8.04. The summed E-state index contributed by atoms with van der Waals surface area (Å²) in [5, 5.41) is 3.93. The van der Waals surface area contributed by atoms with Gasteiger partial charge in [-0.05, 0) is 38.1 Å². The Morgan fingerprint density at radius 1 is 1.04 bits per heavy atom. The zero-order chi connectivity index (χ0) is 18.9. The molecule has 4 N–H and O–H groups in total. The van der Waals surface area contributed by atoms with E-state index in [1.165, 1.54) is 5.01 Å². The lowest BCUT2D eigenvalue weighted by Crippen LogP contribution is -2.39. The van der Waals surface area contributed by atoms with Gasteiger partial charge in [0.15, 0.2) is 5.82 Å². The molecule has 0 aliphatic heterocycles. The molecular weight excluding hydrogens is 338 g/mol. The van der Waals surface area contributed by atoms with E-state index in [0.29, 0.717) is 17.2 Å². The van der Waals surface area contributed by atoms with Crippen molar-refractivity contribution in [2.75, 3.05) is 29.3 Å². The standard InChI is InChI=1S/C17H21N5O4/c1-3-25-16(23)19-13-10-11-14(20-15(13)18)22(21-17(24)26-4-2)12-8-6-5-7-9-12/h5-11H,3-4H2,1-2H3,(H2,18,20)(H,19,23)(H,21,24). The van der Waals surface area contributed by atoms with Gasteiger partial charge in [-0.3, -0.25) is 5.32 Å². The first kappa shape index (κ1) is 18.8. The molecule has 1 aromatic carbocycles. The highest BCUT2D eigenvalue weighted by molar-refractivity contribution is 5.88. The summed E-state index contributed by atoms with van der Waals surface area (Å²) in [5.41, 5.74) is 9.47. The number of hydrogen-bond acceptors (Lipinski definition) is 7. The summed E-state index contributed by atoms with van der Waals surface area (Å²) in [6, 6.07) is 12.2. The predicted molar refractivity (Wildman–Crippen MR) is 98.0 cm³/mol. The summed E-state index contributed by atoms with van der Waals surface area (Å²) >= 11 is 0. The number of benzene rings is 1. The van der Waals surface area contributed by atoms with Crippen molar-refractivity contribution < 1.29 is 19.1 Å². The molecule has 0 spiro atoms. The smallest absolute Gasteiger partial charge is 0.426 e. The third kappa shape index (κ3) is 5.00. The first-order chi connectivity index (χ1) is 12.5. The van der Waals surface area contributed by atoms with Crippen LogP contribution in [0.15, 0.2) is 42.5 Å². The average molecular weight is 359 g/mol. The first-order valence-electron chi connectivity index (χ1n) is 8.04. The number of nitrogen functional groups attached to an aromatic ring is 1. The van der Waals surface area contributed by atoms with Crippen LogP contribution in [0.5, 0.6) is 0 Å². The fourth-order valence-electron chi connectivity index (χ4n) is 2.06. The van der Waals surface area contributed by atoms with Crippen molar-refractivity contribution >= 4 is 35.2 Å². The molecule has 2 rings (SSSR count). The summed E-state index contributed by atoms with van der Waals surface area (Å²) < 4.78 is 9.73. The van der Waals surface area contributed by atoms with Crippen LogP contribution >= 0.6 is 0 Å². The van der Waals surface area contributed by atoms with Gasteiger partial charge < -0.3 is 15.2 Å². The lowest BCUT2D eigenvalue weighted by molar-refractivity contribution is 0.152. The third-order valence-corrected chi connectivity index (χ3v) is 3.14. The van der Waals surface area contributed by atoms with Gasteiger partial charge in [-0.25, -0.2) is 25.0 Å². The molecule has 9 nitrogen and oxygen atoms in total. The van der Waals surface area contributed by atoms with Gasteiger partial charge in [0.05, 0.1) is 24.6 Å². The summed E-state index contributed by atoms with van der Waals surface area (Å²) in [7, 11) is 0. The monoisotopic (exact) mass is 359 g/mol. The largest absolute Gasteiger partial charge is 0.450 e. The summed E-state index contributed by atoms with van der Waals surface area (Å²) in [4.78, 5) is 27.6. The van der Waals surface area contributed by atoms with Crippen molar-refractivity contribution in [2.24, 2.45) is 0 Å². The minimum atomic E-state index is -0.634. The number of para-hydroxylation sites is 1. The molecule has 0 atom stereocenters. The quantitative estimate of drug-likeness (QED) is 0.678. The van der Waals surface area contributed by atoms with E-state index >= 15 is 0 Å². The number of hydrazine groups is 1. The molecule has 0 bridgehead atoms. The Hall–Kier alpha value is -3.49. The molecule has 0 unspecified atom stereocenters. The Bertz CT molecular complexity index is 754. The maximum Gasteiger partial charge on any atom is 0.426 e. The van der Waals surface area contributed by atoms with Gasteiger partial charge in [0.2, 0.25) is 0 Å². The van der Waals surface area contributed by atoms with Crippen LogP contribution in [0.1, 0.15) is 13.8 Å². The molecule has 9 heteroatoms. The minimum Gasteiger partial charge on any atom is -0.450 e. The fourth-order valence-corrected chi connectivity index (χ4v) is 2.06. The van der Waals surface area contributed by atoms with Crippen LogP contribution in [-0.2, 0) is 9.47 Å². The molecule has 0 radical (unpaired) electrons. The van der Waals surface area contributed by atoms with Gasteiger partial charge in [0.1, 0.15) is 5.82 Å². The number of nitrogens with zero attached hydrogens (tertiary/aromatic N) is 2. The molecule has 1 heterocycles. The van der Waals surface area contributed by atoms with Crippen LogP contribution in [0.2, 0.25) is 0 Å². The SMILES string of the molecule is CCOC(=O)Nc1ccc(N(NC(=O)OCC)c2ccccc2)nc1N. The molecule has 138 valence electrons. The number of carbonyl (C=O) groups is 2. The highest BCUT2D eigenvalue weighted by Gasteiger charge is 2.16. The number of rotatable bonds is 6. The Kier molecular flexibility index (Phi) is 6.60. The second-order valence-corrected chi connectivity index (χ2v) is 4.95. The number of amides is 2. The maximum absolute atomic E-state index is 11.9. The van der Waals surface area contributed by atoms with Crippen molar-refractivity contribution in [3.05, 3.63) is 42.5 Å². The van der Waals surface area contributed by atoms with E-state index in [0.717, 1.165) is 0 Å². The zero-order valence-corrected chi connectivity index (χ0v) is 14.6. The Labute approximate surface area is 151 Å². The van der Waals surface area contributed by atoms with Crippen molar-refractivity contribution in [3.8, 4) is 0 Å². The van der Waals surface area contributed by atoms with E-state index < -0.39 is 12.2 Å². The van der Waals surface area contributed by atoms with E-state index in [1.807, 2.05) is 18.2 Å². The highest BCUT2D eigenvalue weighted by Crippen LogP contribution is 2.25. The third-order valence-electron chi connectivity index (χ3n) is 3.14. The van der Waals surface area contributed by atoms with Gasteiger partial charge in [-0.2, -0.15) is 0 Å². The molecule has 0 fully saturated rings. The molecule has 1 aromatic heterocycles. The van der Waals surface area contributed by atoms with Gasteiger partial charge in [0, 0.05) is 0 Å². The molecule has 2 amide bonds. The van der Waals surface area contributed by atoms with Crippen LogP contribution in [-0.4, -0.2) is 30.4 Å². The molecular formula is C17H21N5O4. The number of nitrogens with one attached hydrogen (secondary N) is 2. The van der Waals surface area contributed by atoms with E-state index in [9.17, 15) is 9.59 Å². The number of nitrogens with two attached hydrogens (primary N) is 1. The molecule has 0 saturated heterocycles. The number of carbonyl (C=O) groups excluding carboxylic acids is 2. The normalized spacial score (nSPS) is 9.92. The highest BCUT2D eigenvalue weighted by atomic mass is 16.6. The van der Waals surface area contributed by atoms with E-state index in [4.69, 9.17) is 15.2 Å². The molecule has 0 saturated carbocycles. The molecule has 0 aliphatic rings. The van der Waals surface area contributed by atoms with Crippen molar-refractivity contribution in [3.63, 3.8) is 0 Å². The minimum absolute atomic E-state index is 0.0714. The number of hydrogen-bond donors (Lipinski definition) is 3. The van der Waals surface area contributed by atoms with Gasteiger partial charge in [-0.1, -0.05) is 18.2 Å². The molecule has 0 aliphatic carbocycles. The van der Waals surface area contributed by atoms with Crippen LogP contribution in [0.3, 0.4) is 0 Å². The molecule has 2 aromatic rings. The van der Waals surface area contributed by atoms with Crippen molar-refractivity contribution in [1.29, 1.82) is 0 Å². The zero-order valence-electron chi connectivity index (χ0n) is 14.6. The van der Waals surface area contributed by atoms with Crippen LogP contribution in [0.4, 0.5) is 32.6 Å². The number of aromatic nitrogens is 1. The second kappa shape index (κ2) is 9.11. The van der Waals surface area contributed by atoms with Crippen molar-refractivity contribution in [2.45, 2.75) is 13.8 Å². The van der Waals surface area contributed by atoms with Gasteiger partial charge in [-0.15, -0.1) is 0 Å². The Balaban J connectivity index is 2.28. The predicted octanol–water partition coefficient (Wildman–Crippen LogP) is 3.03. The summed E-state index contributed by atoms with van der Waals surface area (Å²) in [6.07, 6.45) is -1.26. The van der Waals surface area contributed by atoms with E-state index in [-0.39, 0.29) is 19.0 Å². The van der Waals surface area contributed by atoms with Crippen LogP contribution < -0.4 is 21.5 Å². The van der Waals surface area contributed by atoms with Gasteiger partial charge in [0.25, 0.3) is 0 Å². The summed E-state index contributed by atoms with van der Waals surface area (Å²) in [6.45, 7) is 3.87. The maximum atomic E-state index is 11.9. The topological polar surface area (TPSA) is 119 Å². The number of anilines is 4. The van der Waals surface area contributed by atoms with Gasteiger partial charge >= 0.3 is 12.2 Å². The molecule has 26 heavy (non-hydrogen) atoms. The fraction of sp³-hybridized carbons (Fsp3) is 0.235. The second-order valence-electron chi connectivity index (χ2n) is 4.95. The lowest BCUT2D eigenvalue weighted by Gasteiger charge is -2.24. The van der Waals surface area contributed by atoms with Crippen molar-refractivity contribution in [1.82, 2.24) is 10.4 Å². The Morgan fingerprint density at radius 3 is 2.31 bits per heavy atom. The average Bonchev–Trinajstić information content (AvgIpc) is 2.63. The van der Waals surface area contributed by atoms with E-state index in [1.54, 1.807) is 38.1 Å². The Morgan fingerprint density at radius 2 is 1.69 bits per heavy atom. The number of ether oxygens (including phenoxy) is 2.